The van der Waals surface area contributed by atoms with Crippen LogP contribution in [-0.2, 0) is 6.42 Å². The highest BCUT2D eigenvalue weighted by molar-refractivity contribution is 7.22. The minimum atomic E-state index is -0.208. The molecule has 150 valence electrons. The van der Waals surface area contributed by atoms with Crippen LogP contribution in [-0.4, -0.2) is 23.8 Å². The van der Waals surface area contributed by atoms with Gasteiger partial charge in [-0.05, 0) is 36.6 Å². The van der Waals surface area contributed by atoms with Gasteiger partial charge in [-0.2, -0.15) is 0 Å². The summed E-state index contributed by atoms with van der Waals surface area (Å²) in [7, 11) is 1.63. The van der Waals surface area contributed by atoms with Gasteiger partial charge in [0.2, 0.25) is 0 Å². The van der Waals surface area contributed by atoms with Gasteiger partial charge in [0.05, 0.1) is 17.7 Å². The fraction of sp³-hybridized carbons (Fsp3) is 0.174. The number of hydrogen-bond donors (Lipinski definition) is 1. The van der Waals surface area contributed by atoms with Gasteiger partial charge in [0.1, 0.15) is 10.6 Å². The Morgan fingerprint density at radius 2 is 1.87 bits per heavy atom. The van der Waals surface area contributed by atoms with Gasteiger partial charge in [-0.1, -0.05) is 41.7 Å². The second-order valence-corrected chi connectivity index (χ2v) is 9.11. The highest BCUT2D eigenvalue weighted by atomic mass is 32.1. The molecule has 0 aliphatic heterocycles. The number of ether oxygens (including phenoxy) is 1. The molecule has 30 heavy (non-hydrogen) atoms. The van der Waals surface area contributed by atoms with Crippen LogP contribution in [0.2, 0.25) is 0 Å². The van der Waals surface area contributed by atoms with Crippen molar-refractivity contribution >= 4 is 49.6 Å². The molecule has 0 spiro atoms. The molecule has 2 aromatic heterocycles. The number of fused-ring (bicyclic) bond motifs is 2. The van der Waals surface area contributed by atoms with Crippen molar-refractivity contribution in [2.24, 2.45) is 0 Å². The smallest absolute Gasteiger partial charge is 0.268 e. The van der Waals surface area contributed by atoms with Crippen molar-refractivity contribution in [2.75, 3.05) is 12.4 Å². The summed E-state index contributed by atoms with van der Waals surface area (Å²) in [6.07, 6.45) is 2.16. The zero-order chi connectivity index (χ0) is 20.7. The molecular formula is C23H18N2O3S2. The van der Waals surface area contributed by atoms with Gasteiger partial charge in [0.15, 0.2) is 10.9 Å². The highest BCUT2D eigenvalue weighted by Gasteiger charge is 2.25. The van der Waals surface area contributed by atoms with Crippen LogP contribution in [0.5, 0.6) is 5.75 Å². The Morgan fingerprint density at radius 3 is 2.63 bits per heavy atom. The standard InChI is InChI=1S/C23H18N2O3S2/c1-28-14-11-9-13(10-12-14)19-15-5-2-3-8-18(15)29-21(19)22(27)25-23-24-16-6-4-7-17(26)20(16)30-23/h2-3,5,8-12H,4,6-7H2,1H3,(H,24,25,27). The summed E-state index contributed by atoms with van der Waals surface area (Å²) in [5.74, 6) is 0.679. The Morgan fingerprint density at radius 1 is 1.07 bits per heavy atom. The zero-order valence-electron chi connectivity index (χ0n) is 16.2. The van der Waals surface area contributed by atoms with Crippen molar-refractivity contribution in [2.45, 2.75) is 19.3 Å². The van der Waals surface area contributed by atoms with Crippen LogP contribution >= 0.6 is 22.7 Å². The minimum absolute atomic E-state index is 0.120. The lowest BCUT2D eigenvalue weighted by Gasteiger charge is -2.07. The van der Waals surface area contributed by atoms with Gasteiger partial charge >= 0.3 is 0 Å². The monoisotopic (exact) mass is 434 g/mol. The summed E-state index contributed by atoms with van der Waals surface area (Å²) < 4.78 is 6.31. The van der Waals surface area contributed by atoms with E-state index in [9.17, 15) is 9.59 Å². The van der Waals surface area contributed by atoms with E-state index in [2.05, 4.69) is 10.3 Å². The second kappa shape index (κ2) is 7.66. The maximum atomic E-state index is 13.3. The maximum Gasteiger partial charge on any atom is 0.268 e. The van der Waals surface area contributed by atoms with E-state index in [1.54, 1.807) is 7.11 Å². The fourth-order valence-corrected chi connectivity index (χ4v) is 5.82. The number of Topliss-reactive ketones (excluding diaryl/α,β-unsaturated/α-hetero) is 1. The molecule has 1 aliphatic rings. The van der Waals surface area contributed by atoms with E-state index < -0.39 is 0 Å². The SMILES string of the molecule is COc1ccc(-c2c(C(=O)Nc3nc4c(s3)C(=O)CCC4)sc3ccccc23)cc1. The molecule has 0 fully saturated rings. The van der Waals surface area contributed by atoms with Crippen molar-refractivity contribution in [1.29, 1.82) is 0 Å². The maximum absolute atomic E-state index is 13.3. The van der Waals surface area contributed by atoms with E-state index in [1.165, 1.54) is 22.7 Å². The van der Waals surface area contributed by atoms with E-state index in [0.29, 0.717) is 21.3 Å². The summed E-state index contributed by atoms with van der Waals surface area (Å²) in [4.78, 5) is 31.2. The number of nitrogens with one attached hydrogen (secondary N) is 1. The summed E-state index contributed by atoms with van der Waals surface area (Å²) in [6, 6.07) is 15.7. The molecule has 0 radical (unpaired) electrons. The number of benzene rings is 2. The molecule has 5 rings (SSSR count). The zero-order valence-corrected chi connectivity index (χ0v) is 17.9. The first-order valence-electron chi connectivity index (χ1n) is 9.64. The first kappa shape index (κ1) is 19.0. The van der Waals surface area contributed by atoms with Crippen molar-refractivity contribution < 1.29 is 14.3 Å². The molecule has 1 aliphatic carbocycles. The topological polar surface area (TPSA) is 68.3 Å². The molecule has 4 aromatic rings. The minimum Gasteiger partial charge on any atom is -0.497 e. The number of amides is 1. The molecule has 1 amide bonds. The first-order chi connectivity index (χ1) is 14.6. The lowest BCUT2D eigenvalue weighted by Crippen LogP contribution is -2.11. The van der Waals surface area contributed by atoms with Crippen LogP contribution in [0.15, 0.2) is 48.5 Å². The van der Waals surface area contributed by atoms with E-state index in [-0.39, 0.29) is 11.7 Å². The second-order valence-electron chi connectivity index (χ2n) is 7.06. The van der Waals surface area contributed by atoms with Crippen molar-refractivity contribution in [1.82, 2.24) is 4.98 Å². The van der Waals surface area contributed by atoms with Gasteiger partial charge in [-0.3, -0.25) is 14.9 Å². The summed E-state index contributed by atoms with van der Waals surface area (Å²) >= 11 is 2.73. The molecule has 5 nitrogen and oxygen atoms in total. The van der Waals surface area contributed by atoms with Crippen LogP contribution < -0.4 is 10.1 Å². The summed E-state index contributed by atoms with van der Waals surface area (Å²) in [6.45, 7) is 0. The number of nitrogens with zero attached hydrogens (tertiary/aromatic N) is 1. The number of anilines is 1. The molecule has 7 heteroatoms. The number of carbonyl (C=O) groups excluding carboxylic acids is 2. The van der Waals surface area contributed by atoms with Crippen LogP contribution in [0.1, 0.15) is 37.9 Å². The van der Waals surface area contributed by atoms with Gasteiger partial charge in [0, 0.05) is 22.1 Å². The average Bonchev–Trinajstić information content (AvgIpc) is 3.36. The normalized spacial score (nSPS) is 13.3. The van der Waals surface area contributed by atoms with Crippen molar-refractivity contribution in [3.63, 3.8) is 0 Å². The van der Waals surface area contributed by atoms with Crippen molar-refractivity contribution in [3.8, 4) is 16.9 Å². The predicted molar refractivity (Wildman–Crippen MR) is 121 cm³/mol. The highest BCUT2D eigenvalue weighted by Crippen LogP contribution is 2.40. The first-order valence-corrected chi connectivity index (χ1v) is 11.3. The van der Waals surface area contributed by atoms with Crippen molar-refractivity contribution in [3.05, 3.63) is 64.0 Å². The Bertz CT molecular complexity index is 1270. The molecule has 2 heterocycles. The molecule has 0 saturated heterocycles. The van der Waals surface area contributed by atoms with E-state index in [4.69, 9.17) is 4.74 Å². The molecule has 2 aromatic carbocycles. The Hall–Kier alpha value is -3.03. The Labute approximate surface area is 181 Å². The molecule has 0 saturated carbocycles. The molecular weight excluding hydrogens is 416 g/mol. The van der Waals surface area contributed by atoms with Crippen LogP contribution in [0, 0.1) is 0 Å². The summed E-state index contributed by atoms with van der Waals surface area (Å²) in [5, 5.41) is 4.45. The van der Waals surface area contributed by atoms with Crippen LogP contribution in [0.3, 0.4) is 0 Å². The molecule has 0 unspecified atom stereocenters. The number of methoxy groups -OCH3 is 1. The number of aromatic nitrogens is 1. The largest absolute Gasteiger partial charge is 0.497 e. The van der Waals surface area contributed by atoms with E-state index in [0.717, 1.165) is 45.5 Å². The number of thiophene rings is 1. The van der Waals surface area contributed by atoms with E-state index in [1.807, 2.05) is 48.5 Å². The van der Waals surface area contributed by atoms with Gasteiger partial charge in [-0.15, -0.1) is 11.3 Å². The van der Waals surface area contributed by atoms with Gasteiger partial charge < -0.3 is 4.74 Å². The number of thiazole rings is 1. The molecule has 0 bridgehead atoms. The number of hydrogen-bond acceptors (Lipinski definition) is 6. The third-order valence-corrected chi connectivity index (χ3v) is 7.39. The third kappa shape index (κ3) is 3.30. The fourth-order valence-electron chi connectivity index (χ4n) is 3.73. The molecule has 1 N–H and O–H groups in total. The van der Waals surface area contributed by atoms with Crippen LogP contribution in [0.4, 0.5) is 5.13 Å². The Balaban J connectivity index is 1.55. The average molecular weight is 435 g/mol. The van der Waals surface area contributed by atoms with Gasteiger partial charge in [0.25, 0.3) is 5.91 Å². The predicted octanol–water partition coefficient (Wildman–Crippen LogP) is 5.80. The number of rotatable bonds is 4. The quantitative estimate of drug-likeness (QED) is 0.440. The van der Waals surface area contributed by atoms with E-state index >= 15 is 0 Å². The summed E-state index contributed by atoms with van der Waals surface area (Å²) in [5.41, 5.74) is 2.65. The number of ketones is 1. The Kier molecular flexibility index (Phi) is 4.84. The third-order valence-electron chi connectivity index (χ3n) is 5.17. The molecule has 0 atom stereocenters. The van der Waals surface area contributed by atoms with Gasteiger partial charge in [-0.25, -0.2) is 4.98 Å². The lowest BCUT2D eigenvalue weighted by molar-refractivity contribution is 0.0975. The number of aryl methyl sites for hydroxylation is 1. The lowest BCUT2D eigenvalue weighted by atomic mass is 10.0. The number of carbonyl (C=O) groups is 2. The van der Waals surface area contributed by atoms with Crippen LogP contribution in [0.25, 0.3) is 21.2 Å².